The van der Waals surface area contributed by atoms with Crippen LogP contribution in [0.5, 0.6) is 5.75 Å². The second kappa shape index (κ2) is 9.58. The van der Waals surface area contributed by atoms with E-state index < -0.39 is 6.04 Å². The van der Waals surface area contributed by atoms with Crippen LogP contribution in [0.1, 0.15) is 50.3 Å². The lowest BCUT2D eigenvalue weighted by Crippen LogP contribution is -2.44. The Morgan fingerprint density at radius 2 is 2.00 bits per heavy atom. The lowest BCUT2D eigenvalue weighted by molar-refractivity contribution is -0.142. The van der Waals surface area contributed by atoms with Crippen molar-refractivity contribution in [3.63, 3.8) is 0 Å². The van der Waals surface area contributed by atoms with Gasteiger partial charge in [-0.15, -0.1) is 0 Å². The summed E-state index contributed by atoms with van der Waals surface area (Å²) in [6.07, 6.45) is 7.52. The molecule has 0 bridgehead atoms. The third kappa shape index (κ3) is 4.96. The number of methoxy groups -OCH3 is 1. The van der Waals surface area contributed by atoms with Gasteiger partial charge >= 0.3 is 0 Å². The summed E-state index contributed by atoms with van der Waals surface area (Å²) in [5, 5.41) is 4.13. The molecule has 1 saturated heterocycles. The van der Waals surface area contributed by atoms with E-state index in [0.717, 1.165) is 37.0 Å². The highest BCUT2D eigenvalue weighted by Gasteiger charge is 2.29. The molecule has 29 heavy (non-hydrogen) atoms. The van der Waals surface area contributed by atoms with Crippen molar-refractivity contribution < 1.29 is 14.3 Å². The van der Waals surface area contributed by atoms with Crippen LogP contribution in [-0.2, 0) is 9.59 Å². The van der Waals surface area contributed by atoms with Gasteiger partial charge in [0.25, 0.3) is 0 Å². The fourth-order valence-electron chi connectivity index (χ4n) is 3.89. The van der Waals surface area contributed by atoms with Crippen LogP contribution >= 0.6 is 0 Å². The minimum atomic E-state index is -0.440. The Kier molecular flexibility index (Phi) is 6.90. The molecule has 7 nitrogen and oxygen atoms in total. The molecule has 1 aromatic heterocycles. The van der Waals surface area contributed by atoms with Gasteiger partial charge in [-0.05, 0) is 43.5 Å². The smallest absolute Gasteiger partial charge is 0.247 e. The maximum Gasteiger partial charge on any atom is 0.247 e. The molecule has 7 heteroatoms. The molecule has 2 unspecified atom stereocenters. The van der Waals surface area contributed by atoms with E-state index in [-0.39, 0.29) is 24.4 Å². The summed E-state index contributed by atoms with van der Waals surface area (Å²) in [6.45, 7) is 2.58. The Balaban J connectivity index is 1.71. The Morgan fingerprint density at radius 3 is 2.66 bits per heavy atom. The summed E-state index contributed by atoms with van der Waals surface area (Å²) in [5.74, 6) is 0.660. The van der Waals surface area contributed by atoms with E-state index in [1.807, 2.05) is 29.2 Å². The molecule has 2 heterocycles. The van der Waals surface area contributed by atoms with Gasteiger partial charge in [-0.25, -0.2) is 0 Å². The Morgan fingerprint density at radius 1 is 1.24 bits per heavy atom. The Labute approximate surface area is 172 Å². The number of rotatable bonds is 6. The van der Waals surface area contributed by atoms with E-state index in [2.05, 4.69) is 5.10 Å². The zero-order valence-corrected chi connectivity index (χ0v) is 17.5. The van der Waals surface area contributed by atoms with Crippen LogP contribution in [0.2, 0.25) is 0 Å². The van der Waals surface area contributed by atoms with Gasteiger partial charge in [-0.2, -0.15) is 5.10 Å². The average Bonchev–Trinajstić information content (AvgIpc) is 3.17. The minimum absolute atomic E-state index is 0.0174. The topological polar surface area (TPSA) is 67.7 Å². The molecule has 2 amide bonds. The molecule has 2 atom stereocenters. The van der Waals surface area contributed by atoms with Gasteiger partial charge in [0.05, 0.1) is 19.7 Å². The fraction of sp³-hybridized carbons (Fsp3) is 0.500. The van der Waals surface area contributed by atoms with Crippen molar-refractivity contribution in [2.24, 2.45) is 0 Å². The van der Waals surface area contributed by atoms with Crippen molar-refractivity contribution in [2.45, 2.75) is 44.7 Å². The number of likely N-dealkylation sites (tertiary alicyclic amines) is 1. The SMILES string of the molecule is COc1ccc(C2CCCCCN2C(=O)CN(C)C(=O)C(C)n2cccn2)cc1. The van der Waals surface area contributed by atoms with E-state index in [4.69, 9.17) is 4.74 Å². The standard InChI is InChI=1S/C22H30N4O3/c1-17(26-15-7-13-23-26)22(28)24(2)16-21(27)25-14-6-4-5-8-20(25)18-9-11-19(29-3)12-10-18/h7,9-13,15,17,20H,4-6,8,14,16H2,1-3H3. The normalized spacial score (nSPS) is 18.0. The number of ether oxygens (including phenoxy) is 1. The van der Waals surface area contributed by atoms with E-state index in [9.17, 15) is 9.59 Å². The third-order valence-corrected chi connectivity index (χ3v) is 5.60. The van der Waals surface area contributed by atoms with E-state index >= 15 is 0 Å². The van der Waals surface area contributed by atoms with Crippen molar-refractivity contribution in [3.05, 3.63) is 48.3 Å². The van der Waals surface area contributed by atoms with Gasteiger partial charge < -0.3 is 14.5 Å². The lowest BCUT2D eigenvalue weighted by atomic mass is 10.0. The van der Waals surface area contributed by atoms with Crippen molar-refractivity contribution in [2.75, 3.05) is 27.2 Å². The predicted octanol–water partition coefficient (Wildman–Crippen LogP) is 3.06. The van der Waals surface area contributed by atoms with Gasteiger partial charge in [0.1, 0.15) is 11.8 Å². The zero-order valence-electron chi connectivity index (χ0n) is 17.5. The molecule has 0 radical (unpaired) electrons. The summed E-state index contributed by atoms with van der Waals surface area (Å²) in [5.41, 5.74) is 1.11. The third-order valence-electron chi connectivity index (χ3n) is 5.60. The van der Waals surface area contributed by atoms with Crippen molar-refractivity contribution in [1.29, 1.82) is 0 Å². The van der Waals surface area contributed by atoms with Gasteiger partial charge in [0, 0.05) is 26.0 Å². The number of amides is 2. The molecular weight excluding hydrogens is 368 g/mol. The summed E-state index contributed by atoms with van der Waals surface area (Å²) in [4.78, 5) is 29.3. The molecule has 3 rings (SSSR count). The van der Waals surface area contributed by atoms with Crippen LogP contribution in [-0.4, -0.2) is 58.6 Å². The number of aromatic nitrogens is 2. The molecule has 0 saturated carbocycles. The summed E-state index contributed by atoms with van der Waals surface area (Å²) >= 11 is 0. The number of likely N-dealkylation sites (N-methyl/N-ethyl adjacent to an activating group) is 1. The highest BCUT2D eigenvalue weighted by Crippen LogP contribution is 2.31. The van der Waals surface area contributed by atoms with E-state index in [1.54, 1.807) is 44.2 Å². The lowest BCUT2D eigenvalue weighted by Gasteiger charge is -2.32. The molecule has 156 valence electrons. The molecule has 1 aromatic carbocycles. The highest BCUT2D eigenvalue weighted by atomic mass is 16.5. The summed E-state index contributed by atoms with van der Waals surface area (Å²) < 4.78 is 6.86. The first-order valence-electron chi connectivity index (χ1n) is 10.2. The van der Waals surface area contributed by atoms with Crippen LogP contribution in [0.4, 0.5) is 0 Å². The van der Waals surface area contributed by atoms with Crippen LogP contribution in [0.3, 0.4) is 0 Å². The van der Waals surface area contributed by atoms with Gasteiger partial charge in [0.2, 0.25) is 11.8 Å². The quantitative estimate of drug-likeness (QED) is 0.750. The van der Waals surface area contributed by atoms with E-state index in [1.165, 1.54) is 4.90 Å². The highest BCUT2D eigenvalue weighted by molar-refractivity contribution is 5.86. The Bertz CT molecular complexity index is 804. The van der Waals surface area contributed by atoms with Crippen LogP contribution in [0.15, 0.2) is 42.7 Å². The summed E-state index contributed by atoms with van der Waals surface area (Å²) in [6, 6.07) is 9.31. The molecule has 0 spiro atoms. The number of hydrogen-bond donors (Lipinski definition) is 0. The van der Waals surface area contributed by atoms with Gasteiger partial charge in [-0.3, -0.25) is 14.3 Å². The molecule has 0 N–H and O–H groups in total. The number of benzene rings is 1. The first kappa shape index (κ1) is 20.9. The number of hydrogen-bond acceptors (Lipinski definition) is 4. The number of carbonyl (C=O) groups is 2. The average molecular weight is 399 g/mol. The largest absolute Gasteiger partial charge is 0.497 e. The second-order valence-corrected chi connectivity index (χ2v) is 7.58. The van der Waals surface area contributed by atoms with Crippen LogP contribution < -0.4 is 4.74 Å². The second-order valence-electron chi connectivity index (χ2n) is 7.58. The fourth-order valence-corrected chi connectivity index (χ4v) is 3.89. The van der Waals surface area contributed by atoms with Crippen LogP contribution in [0.25, 0.3) is 0 Å². The summed E-state index contributed by atoms with van der Waals surface area (Å²) in [7, 11) is 3.33. The molecule has 0 aliphatic carbocycles. The van der Waals surface area contributed by atoms with Crippen molar-refractivity contribution >= 4 is 11.8 Å². The monoisotopic (exact) mass is 398 g/mol. The molecule has 1 aliphatic heterocycles. The maximum atomic E-state index is 13.2. The first-order chi connectivity index (χ1) is 14.0. The van der Waals surface area contributed by atoms with Crippen molar-refractivity contribution in [3.8, 4) is 5.75 Å². The van der Waals surface area contributed by atoms with Gasteiger partial charge in [-0.1, -0.05) is 25.0 Å². The first-order valence-corrected chi connectivity index (χ1v) is 10.2. The molecule has 1 aliphatic rings. The maximum absolute atomic E-state index is 13.2. The molecule has 1 fully saturated rings. The molecular formula is C22H30N4O3. The predicted molar refractivity (Wildman–Crippen MR) is 110 cm³/mol. The number of carbonyl (C=O) groups excluding carboxylic acids is 2. The zero-order chi connectivity index (χ0) is 20.8. The minimum Gasteiger partial charge on any atom is -0.497 e. The molecule has 2 aromatic rings. The van der Waals surface area contributed by atoms with Crippen LogP contribution in [0, 0.1) is 0 Å². The number of nitrogens with zero attached hydrogens (tertiary/aromatic N) is 4. The van der Waals surface area contributed by atoms with Crippen molar-refractivity contribution in [1.82, 2.24) is 19.6 Å². The van der Waals surface area contributed by atoms with E-state index in [0.29, 0.717) is 6.54 Å². The Hall–Kier alpha value is -2.83. The van der Waals surface area contributed by atoms with Gasteiger partial charge in [0.15, 0.2) is 0 Å².